The summed E-state index contributed by atoms with van der Waals surface area (Å²) in [4.78, 5) is 2.41. The molecule has 1 unspecified atom stereocenters. The summed E-state index contributed by atoms with van der Waals surface area (Å²) in [7, 11) is 2.20. The standard InChI is InChI=1S/C25H33ClN4/c1-4-9-24-27-28-25(30(24)23-10-7-6-8-11-23)21(5-2)17-19-29(3)18-16-20-12-14-22(26)15-13-20/h6-8,10-15,21H,4-5,9,16-19H2,1-3H3. The molecule has 160 valence electrons. The predicted molar refractivity (Wildman–Crippen MR) is 126 cm³/mol. The number of hydrogen-bond acceptors (Lipinski definition) is 3. The molecule has 0 saturated carbocycles. The van der Waals surface area contributed by atoms with Gasteiger partial charge in [-0.3, -0.25) is 4.57 Å². The molecule has 1 heterocycles. The van der Waals surface area contributed by atoms with Crippen molar-refractivity contribution in [2.24, 2.45) is 0 Å². The first-order chi connectivity index (χ1) is 14.6. The molecule has 0 saturated heterocycles. The molecule has 1 aromatic heterocycles. The van der Waals surface area contributed by atoms with Crippen LogP contribution in [0.3, 0.4) is 0 Å². The molecule has 0 aliphatic rings. The molecular formula is C25H33ClN4. The number of nitrogens with zero attached hydrogens (tertiary/aromatic N) is 4. The number of rotatable bonds is 11. The van der Waals surface area contributed by atoms with E-state index in [9.17, 15) is 0 Å². The van der Waals surface area contributed by atoms with E-state index in [0.717, 1.165) is 67.6 Å². The summed E-state index contributed by atoms with van der Waals surface area (Å²) >= 11 is 5.99. The van der Waals surface area contributed by atoms with Gasteiger partial charge in [0.15, 0.2) is 0 Å². The Morgan fingerprint density at radius 3 is 2.33 bits per heavy atom. The largest absolute Gasteiger partial charge is 0.306 e. The van der Waals surface area contributed by atoms with Gasteiger partial charge in [-0.1, -0.05) is 55.8 Å². The number of aromatic nitrogens is 3. The minimum absolute atomic E-state index is 0.390. The summed E-state index contributed by atoms with van der Waals surface area (Å²) in [5.74, 6) is 2.55. The van der Waals surface area contributed by atoms with Crippen LogP contribution in [0.2, 0.25) is 5.02 Å². The van der Waals surface area contributed by atoms with E-state index in [-0.39, 0.29) is 0 Å². The van der Waals surface area contributed by atoms with Crippen molar-refractivity contribution in [3.05, 3.63) is 76.8 Å². The van der Waals surface area contributed by atoms with E-state index in [1.54, 1.807) is 0 Å². The summed E-state index contributed by atoms with van der Waals surface area (Å²) in [6, 6.07) is 18.7. The Bertz CT molecular complexity index is 889. The molecule has 1 atom stereocenters. The Hall–Kier alpha value is -2.17. The molecule has 5 heteroatoms. The first-order valence-corrected chi connectivity index (χ1v) is 11.4. The van der Waals surface area contributed by atoms with Crippen LogP contribution in [0.15, 0.2) is 54.6 Å². The third-order valence-corrected chi connectivity index (χ3v) is 5.91. The maximum Gasteiger partial charge on any atom is 0.140 e. The zero-order valence-corrected chi connectivity index (χ0v) is 19.1. The van der Waals surface area contributed by atoms with Crippen LogP contribution in [-0.2, 0) is 12.8 Å². The van der Waals surface area contributed by atoms with Crippen LogP contribution in [0.4, 0.5) is 0 Å². The van der Waals surface area contributed by atoms with Crippen LogP contribution in [0, 0.1) is 0 Å². The van der Waals surface area contributed by atoms with Crippen LogP contribution >= 0.6 is 11.6 Å². The van der Waals surface area contributed by atoms with Crippen molar-refractivity contribution in [1.82, 2.24) is 19.7 Å². The van der Waals surface area contributed by atoms with Gasteiger partial charge in [0.1, 0.15) is 11.6 Å². The van der Waals surface area contributed by atoms with Crippen molar-refractivity contribution in [3.8, 4) is 5.69 Å². The Morgan fingerprint density at radius 1 is 0.933 bits per heavy atom. The smallest absolute Gasteiger partial charge is 0.140 e. The maximum atomic E-state index is 5.99. The second-order valence-electron chi connectivity index (χ2n) is 7.97. The Balaban J connectivity index is 1.66. The van der Waals surface area contributed by atoms with Crippen LogP contribution in [0.25, 0.3) is 5.69 Å². The van der Waals surface area contributed by atoms with E-state index in [2.05, 4.69) is 83.0 Å². The normalized spacial score (nSPS) is 12.4. The fraction of sp³-hybridized carbons (Fsp3) is 0.440. The zero-order chi connectivity index (χ0) is 21.3. The van der Waals surface area contributed by atoms with Crippen molar-refractivity contribution in [1.29, 1.82) is 0 Å². The lowest BCUT2D eigenvalue weighted by Crippen LogP contribution is -2.24. The number of aryl methyl sites for hydroxylation is 1. The predicted octanol–water partition coefficient (Wildman–Crippen LogP) is 5.93. The van der Waals surface area contributed by atoms with Crippen molar-refractivity contribution >= 4 is 11.6 Å². The quantitative estimate of drug-likeness (QED) is 0.382. The lowest BCUT2D eigenvalue weighted by atomic mass is 10.0. The topological polar surface area (TPSA) is 34.0 Å². The van der Waals surface area contributed by atoms with E-state index < -0.39 is 0 Å². The fourth-order valence-corrected chi connectivity index (χ4v) is 3.94. The molecule has 0 fully saturated rings. The van der Waals surface area contributed by atoms with E-state index >= 15 is 0 Å². The molecule has 0 spiro atoms. The van der Waals surface area contributed by atoms with Crippen LogP contribution in [0.1, 0.15) is 56.2 Å². The van der Waals surface area contributed by atoms with Gasteiger partial charge in [0.25, 0.3) is 0 Å². The van der Waals surface area contributed by atoms with Crippen LogP contribution in [-0.4, -0.2) is 39.8 Å². The third kappa shape index (κ3) is 5.93. The summed E-state index contributed by atoms with van der Waals surface area (Å²) in [5.41, 5.74) is 2.49. The Morgan fingerprint density at radius 2 is 1.67 bits per heavy atom. The summed E-state index contributed by atoms with van der Waals surface area (Å²) in [6.07, 6.45) is 5.17. The van der Waals surface area contributed by atoms with Gasteiger partial charge < -0.3 is 4.90 Å². The number of likely N-dealkylation sites (N-methyl/N-ethyl adjacent to an activating group) is 1. The van der Waals surface area contributed by atoms with Gasteiger partial charge in [-0.2, -0.15) is 0 Å². The molecule has 3 rings (SSSR count). The fourth-order valence-electron chi connectivity index (χ4n) is 3.81. The molecule has 3 aromatic rings. The number of halogens is 1. The summed E-state index contributed by atoms with van der Waals surface area (Å²) in [6.45, 7) is 6.51. The van der Waals surface area contributed by atoms with E-state index in [0.29, 0.717) is 5.92 Å². The first-order valence-electron chi connectivity index (χ1n) is 11.0. The van der Waals surface area contributed by atoms with Gasteiger partial charge in [-0.05, 0) is 69.1 Å². The van der Waals surface area contributed by atoms with Gasteiger partial charge in [0.2, 0.25) is 0 Å². The molecule has 2 aromatic carbocycles. The minimum atomic E-state index is 0.390. The molecule has 0 bridgehead atoms. The van der Waals surface area contributed by atoms with Crippen LogP contribution < -0.4 is 0 Å². The first kappa shape index (κ1) is 22.5. The lowest BCUT2D eigenvalue weighted by Gasteiger charge is -2.21. The lowest BCUT2D eigenvalue weighted by molar-refractivity contribution is 0.317. The van der Waals surface area contributed by atoms with E-state index in [4.69, 9.17) is 11.6 Å². The van der Waals surface area contributed by atoms with Gasteiger partial charge in [-0.25, -0.2) is 0 Å². The number of hydrogen-bond donors (Lipinski definition) is 0. The second kappa shape index (κ2) is 11.3. The number of benzene rings is 2. The number of para-hydroxylation sites is 1. The van der Waals surface area contributed by atoms with Crippen molar-refractivity contribution < 1.29 is 0 Å². The molecule has 4 nitrogen and oxygen atoms in total. The van der Waals surface area contributed by atoms with Crippen molar-refractivity contribution in [2.45, 2.75) is 51.9 Å². The molecule has 0 aliphatic carbocycles. The Labute approximate surface area is 185 Å². The summed E-state index contributed by atoms with van der Waals surface area (Å²) in [5, 5.41) is 9.99. The Kier molecular flexibility index (Phi) is 8.47. The van der Waals surface area contributed by atoms with Gasteiger partial charge in [0, 0.05) is 29.6 Å². The maximum absolute atomic E-state index is 5.99. The summed E-state index contributed by atoms with van der Waals surface area (Å²) < 4.78 is 2.28. The highest BCUT2D eigenvalue weighted by Crippen LogP contribution is 2.26. The van der Waals surface area contributed by atoms with Crippen molar-refractivity contribution in [2.75, 3.05) is 20.1 Å². The highest BCUT2D eigenvalue weighted by atomic mass is 35.5. The molecule has 0 amide bonds. The van der Waals surface area contributed by atoms with Crippen molar-refractivity contribution in [3.63, 3.8) is 0 Å². The second-order valence-corrected chi connectivity index (χ2v) is 8.41. The molecular weight excluding hydrogens is 392 g/mol. The molecule has 0 radical (unpaired) electrons. The van der Waals surface area contributed by atoms with E-state index in [1.165, 1.54) is 5.56 Å². The molecule has 30 heavy (non-hydrogen) atoms. The average molecular weight is 425 g/mol. The van der Waals surface area contributed by atoms with Gasteiger partial charge in [-0.15, -0.1) is 10.2 Å². The van der Waals surface area contributed by atoms with Gasteiger partial charge >= 0.3 is 0 Å². The van der Waals surface area contributed by atoms with Gasteiger partial charge in [0.05, 0.1) is 0 Å². The molecule has 0 N–H and O–H groups in total. The highest BCUT2D eigenvalue weighted by Gasteiger charge is 2.21. The monoisotopic (exact) mass is 424 g/mol. The minimum Gasteiger partial charge on any atom is -0.306 e. The zero-order valence-electron chi connectivity index (χ0n) is 18.4. The third-order valence-electron chi connectivity index (χ3n) is 5.66. The highest BCUT2D eigenvalue weighted by molar-refractivity contribution is 6.30. The molecule has 0 aliphatic heterocycles. The van der Waals surface area contributed by atoms with Crippen LogP contribution in [0.5, 0.6) is 0 Å². The van der Waals surface area contributed by atoms with E-state index in [1.807, 2.05) is 12.1 Å². The average Bonchev–Trinajstić information content (AvgIpc) is 3.18. The SMILES string of the molecule is CCCc1nnc(C(CC)CCN(C)CCc2ccc(Cl)cc2)n1-c1ccccc1.